The number of rotatable bonds is 6. The Hall–Kier alpha value is -1.43. The van der Waals surface area contributed by atoms with Gasteiger partial charge in [0.15, 0.2) is 0 Å². The number of nitrogens with one attached hydrogen (secondary N) is 2. The van der Waals surface area contributed by atoms with Crippen LogP contribution in [0.5, 0.6) is 0 Å². The monoisotopic (exact) mass is 332 g/mol. The van der Waals surface area contributed by atoms with Gasteiger partial charge in [0.2, 0.25) is 0 Å². The molecule has 4 nitrogen and oxygen atoms in total. The minimum absolute atomic E-state index is 0.0223. The van der Waals surface area contributed by atoms with Crippen LogP contribution in [0.3, 0.4) is 0 Å². The van der Waals surface area contributed by atoms with Gasteiger partial charge in [-0.1, -0.05) is 24.6 Å². The van der Waals surface area contributed by atoms with Gasteiger partial charge in [-0.15, -0.1) is 11.3 Å². The van der Waals surface area contributed by atoms with Gasteiger partial charge < -0.3 is 15.4 Å². The van der Waals surface area contributed by atoms with E-state index in [1.54, 1.807) is 18.4 Å². The molecule has 0 bridgehead atoms. The fourth-order valence-electron chi connectivity index (χ4n) is 3.18. The van der Waals surface area contributed by atoms with Gasteiger partial charge in [0.25, 0.3) is 5.91 Å². The fourth-order valence-corrected chi connectivity index (χ4v) is 4.33. The van der Waals surface area contributed by atoms with Gasteiger partial charge in [-0.05, 0) is 42.8 Å². The van der Waals surface area contributed by atoms with Gasteiger partial charge in [0, 0.05) is 24.4 Å². The lowest BCUT2D eigenvalue weighted by molar-refractivity contribution is 0.0940. The number of carbonyl (C=O) groups is 1. The first kappa shape index (κ1) is 16.4. The molecule has 124 valence electrons. The van der Waals surface area contributed by atoms with Crippen molar-refractivity contribution in [3.63, 3.8) is 0 Å². The molecule has 1 atom stereocenters. The van der Waals surface area contributed by atoms with Crippen LogP contribution in [0.15, 0.2) is 24.3 Å². The summed E-state index contributed by atoms with van der Waals surface area (Å²) in [6.45, 7) is 2.17. The first-order valence-electron chi connectivity index (χ1n) is 8.30. The largest absolute Gasteiger partial charge is 0.383 e. The maximum Gasteiger partial charge on any atom is 0.261 e. The van der Waals surface area contributed by atoms with Crippen LogP contribution in [-0.2, 0) is 11.2 Å². The third-order valence-corrected chi connectivity index (χ3v) is 5.57. The molecule has 1 fully saturated rings. The van der Waals surface area contributed by atoms with Crippen molar-refractivity contribution in [2.45, 2.75) is 31.7 Å². The van der Waals surface area contributed by atoms with Crippen molar-refractivity contribution in [1.82, 2.24) is 10.6 Å². The maximum absolute atomic E-state index is 12.6. The SMILES string of the molecule is COCCNC(=O)c1sc2ccccc2c1C[C@@H]1CCCCN1. The minimum Gasteiger partial charge on any atom is -0.383 e. The Morgan fingerprint density at radius 2 is 2.26 bits per heavy atom. The molecule has 1 aliphatic rings. The third kappa shape index (κ3) is 3.91. The predicted molar refractivity (Wildman–Crippen MR) is 95.4 cm³/mol. The van der Waals surface area contributed by atoms with Crippen molar-refractivity contribution in [3.8, 4) is 0 Å². The Morgan fingerprint density at radius 3 is 3.04 bits per heavy atom. The van der Waals surface area contributed by atoms with E-state index in [1.807, 2.05) is 6.07 Å². The summed E-state index contributed by atoms with van der Waals surface area (Å²) in [5, 5.41) is 7.78. The lowest BCUT2D eigenvalue weighted by Crippen LogP contribution is -2.36. The van der Waals surface area contributed by atoms with Crippen LogP contribution in [0.2, 0.25) is 0 Å². The molecule has 1 aromatic carbocycles. The molecule has 2 aromatic rings. The van der Waals surface area contributed by atoms with Crippen molar-refractivity contribution in [1.29, 1.82) is 0 Å². The second kappa shape index (κ2) is 7.90. The highest BCUT2D eigenvalue weighted by Crippen LogP contribution is 2.33. The molecule has 2 heterocycles. The Labute approximate surface area is 141 Å². The summed E-state index contributed by atoms with van der Waals surface area (Å²) in [6, 6.07) is 8.81. The summed E-state index contributed by atoms with van der Waals surface area (Å²) in [5.74, 6) is 0.0223. The van der Waals surface area contributed by atoms with Crippen LogP contribution in [0.1, 0.15) is 34.5 Å². The van der Waals surface area contributed by atoms with Crippen LogP contribution in [0, 0.1) is 0 Å². The van der Waals surface area contributed by atoms with Gasteiger partial charge in [0.05, 0.1) is 11.5 Å². The quantitative estimate of drug-likeness (QED) is 0.800. The highest BCUT2D eigenvalue weighted by atomic mass is 32.1. The van der Waals surface area contributed by atoms with Crippen LogP contribution in [0.25, 0.3) is 10.1 Å². The van der Waals surface area contributed by atoms with Crippen LogP contribution < -0.4 is 10.6 Å². The van der Waals surface area contributed by atoms with Crippen LogP contribution in [0.4, 0.5) is 0 Å². The van der Waals surface area contributed by atoms with Gasteiger partial charge in [-0.25, -0.2) is 0 Å². The number of piperidine rings is 1. The Kier molecular flexibility index (Phi) is 5.65. The number of ether oxygens (including phenoxy) is 1. The number of thiophene rings is 1. The Balaban J connectivity index is 1.86. The normalized spacial score (nSPS) is 18.2. The fraction of sp³-hybridized carbons (Fsp3) is 0.500. The average Bonchev–Trinajstić information content (AvgIpc) is 2.95. The van der Waals surface area contributed by atoms with E-state index in [2.05, 4.69) is 28.8 Å². The minimum atomic E-state index is 0.0223. The predicted octanol–water partition coefficient (Wildman–Crippen LogP) is 2.96. The van der Waals surface area contributed by atoms with Gasteiger partial charge in [-0.2, -0.15) is 0 Å². The number of fused-ring (bicyclic) bond motifs is 1. The molecule has 1 saturated heterocycles. The standard InChI is InChI=1S/C18H24N2O2S/c1-22-11-10-20-18(21)17-15(12-13-6-4-5-9-19-13)14-7-2-3-8-16(14)23-17/h2-3,7-8,13,19H,4-6,9-12H2,1H3,(H,20,21)/t13-/m0/s1. The van der Waals surface area contributed by atoms with E-state index in [0.29, 0.717) is 19.2 Å². The van der Waals surface area contributed by atoms with Crippen LogP contribution in [-0.4, -0.2) is 38.8 Å². The smallest absolute Gasteiger partial charge is 0.261 e. The molecule has 0 spiro atoms. The van der Waals surface area contributed by atoms with E-state index in [4.69, 9.17) is 4.74 Å². The summed E-state index contributed by atoms with van der Waals surface area (Å²) in [6.07, 6.45) is 4.65. The van der Waals surface area contributed by atoms with E-state index in [9.17, 15) is 4.79 Å². The molecular weight excluding hydrogens is 308 g/mol. The zero-order chi connectivity index (χ0) is 16.1. The van der Waals surface area contributed by atoms with Crippen molar-refractivity contribution in [2.75, 3.05) is 26.8 Å². The summed E-state index contributed by atoms with van der Waals surface area (Å²) in [7, 11) is 1.64. The summed E-state index contributed by atoms with van der Waals surface area (Å²) in [4.78, 5) is 13.4. The molecule has 0 saturated carbocycles. The summed E-state index contributed by atoms with van der Waals surface area (Å²) in [5.41, 5.74) is 1.19. The molecular formula is C18H24N2O2S. The Bertz CT molecular complexity index is 662. The molecule has 0 unspecified atom stereocenters. The number of carbonyl (C=O) groups excluding carboxylic acids is 1. The lowest BCUT2D eigenvalue weighted by Gasteiger charge is -2.23. The lowest BCUT2D eigenvalue weighted by atomic mass is 9.96. The maximum atomic E-state index is 12.6. The first-order chi connectivity index (χ1) is 11.3. The zero-order valence-electron chi connectivity index (χ0n) is 13.6. The van der Waals surface area contributed by atoms with E-state index < -0.39 is 0 Å². The van der Waals surface area contributed by atoms with Crippen molar-refractivity contribution >= 4 is 27.3 Å². The second-order valence-electron chi connectivity index (χ2n) is 6.01. The summed E-state index contributed by atoms with van der Waals surface area (Å²) >= 11 is 1.60. The number of amides is 1. The number of methoxy groups -OCH3 is 1. The number of hydrogen-bond donors (Lipinski definition) is 2. The average molecular weight is 332 g/mol. The molecule has 1 amide bonds. The number of hydrogen-bond acceptors (Lipinski definition) is 4. The van der Waals surface area contributed by atoms with Crippen molar-refractivity contribution in [2.24, 2.45) is 0 Å². The van der Waals surface area contributed by atoms with Crippen molar-refractivity contribution < 1.29 is 9.53 Å². The topological polar surface area (TPSA) is 50.4 Å². The molecule has 1 aliphatic heterocycles. The zero-order valence-corrected chi connectivity index (χ0v) is 14.4. The molecule has 3 rings (SSSR count). The molecule has 5 heteroatoms. The van der Waals surface area contributed by atoms with E-state index >= 15 is 0 Å². The molecule has 2 N–H and O–H groups in total. The first-order valence-corrected chi connectivity index (χ1v) is 9.12. The molecule has 1 aromatic heterocycles. The molecule has 0 aliphatic carbocycles. The third-order valence-electron chi connectivity index (χ3n) is 4.36. The van der Waals surface area contributed by atoms with E-state index in [-0.39, 0.29) is 5.91 Å². The van der Waals surface area contributed by atoms with Crippen molar-refractivity contribution in [3.05, 3.63) is 34.7 Å². The second-order valence-corrected chi connectivity index (χ2v) is 7.06. The number of benzene rings is 1. The molecule has 23 heavy (non-hydrogen) atoms. The van der Waals surface area contributed by atoms with Gasteiger partial charge in [0.1, 0.15) is 0 Å². The van der Waals surface area contributed by atoms with Gasteiger partial charge >= 0.3 is 0 Å². The highest BCUT2D eigenvalue weighted by Gasteiger charge is 2.22. The van der Waals surface area contributed by atoms with E-state index in [0.717, 1.165) is 17.8 Å². The highest BCUT2D eigenvalue weighted by molar-refractivity contribution is 7.21. The van der Waals surface area contributed by atoms with Crippen LogP contribution >= 0.6 is 11.3 Å². The van der Waals surface area contributed by atoms with E-state index in [1.165, 1.54) is 34.9 Å². The molecule has 0 radical (unpaired) electrons. The van der Waals surface area contributed by atoms with Gasteiger partial charge in [-0.3, -0.25) is 4.79 Å². The summed E-state index contributed by atoms with van der Waals surface area (Å²) < 4.78 is 6.21. The Morgan fingerprint density at radius 1 is 1.39 bits per heavy atom.